The number of anilines is 1. The van der Waals surface area contributed by atoms with Crippen LogP contribution in [0.15, 0.2) is 30.3 Å². The van der Waals surface area contributed by atoms with Crippen LogP contribution in [0.4, 0.5) is 5.82 Å². The molecule has 1 aliphatic carbocycles. The summed E-state index contributed by atoms with van der Waals surface area (Å²) in [7, 11) is 0. The Morgan fingerprint density at radius 3 is 2.65 bits per heavy atom. The molecule has 3 fully saturated rings. The molecule has 0 spiro atoms. The van der Waals surface area contributed by atoms with Crippen LogP contribution in [0.1, 0.15) is 50.1 Å². The topological polar surface area (TPSA) is 78.0 Å². The number of amides is 1. The summed E-state index contributed by atoms with van der Waals surface area (Å²) in [4.78, 5) is 35.0. The molecule has 160 valence electrons. The predicted octanol–water partition coefficient (Wildman–Crippen LogP) is 3.74. The highest BCUT2D eigenvalue weighted by Crippen LogP contribution is 2.39. The number of pyridine rings is 2. The highest BCUT2D eigenvalue weighted by atomic mass is 16.2. The maximum absolute atomic E-state index is 12.9. The smallest absolute Gasteiger partial charge is 0.227 e. The number of rotatable bonds is 4. The van der Waals surface area contributed by atoms with Crippen LogP contribution in [0, 0.1) is 5.92 Å². The summed E-state index contributed by atoms with van der Waals surface area (Å²) in [5, 5.41) is 0. The Kier molecular flexibility index (Phi) is 4.62. The van der Waals surface area contributed by atoms with Crippen LogP contribution >= 0.6 is 0 Å². The summed E-state index contributed by atoms with van der Waals surface area (Å²) in [6.07, 6.45) is 6.75. The number of H-pyrrole nitrogens is 1. The Morgan fingerprint density at radius 2 is 1.81 bits per heavy atom. The summed E-state index contributed by atoms with van der Waals surface area (Å²) in [5.74, 6) is 2.69. The molecule has 0 bridgehead atoms. The fourth-order valence-electron chi connectivity index (χ4n) is 4.95. The maximum Gasteiger partial charge on any atom is 0.227 e. The van der Waals surface area contributed by atoms with Crippen LogP contribution < -0.4 is 4.90 Å². The third-order valence-electron chi connectivity index (χ3n) is 6.85. The lowest BCUT2D eigenvalue weighted by Gasteiger charge is -2.34. The van der Waals surface area contributed by atoms with Crippen molar-refractivity contribution in [2.24, 2.45) is 5.92 Å². The number of piperidine rings is 1. The summed E-state index contributed by atoms with van der Waals surface area (Å²) >= 11 is 0. The van der Waals surface area contributed by atoms with E-state index in [-0.39, 0.29) is 5.92 Å². The van der Waals surface area contributed by atoms with Gasteiger partial charge in [0.2, 0.25) is 5.91 Å². The van der Waals surface area contributed by atoms with Gasteiger partial charge in [-0.05, 0) is 62.8 Å². The van der Waals surface area contributed by atoms with E-state index < -0.39 is 0 Å². The second-order valence-electron chi connectivity index (χ2n) is 9.17. The van der Waals surface area contributed by atoms with Crippen LogP contribution in [0.5, 0.6) is 0 Å². The molecule has 0 radical (unpaired) electrons. The molecule has 2 saturated heterocycles. The van der Waals surface area contributed by atoms with Gasteiger partial charge >= 0.3 is 0 Å². The Labute approximate surface area is 181 Å². The molecule has 1 amide bonds. The quantitative estimate of drug-likeness (QED) is 0.701. The van der Waals surface area contributed by atoms with Crippen molar-refractivity contribution in [1.29, 1.82) is 0 Å². The van der Waals surface area contributed by atoms with Gasteiger partial charge in [-0.3, -0.25) is 4.79 Å². The predicted molar refractivity (Wildman–Crippen MR) is 120 cm³/mol. The van der Waals surface area contributed by atoms with Gasteiger partial charge in [0.25, 0.3) is 0 Å². The average molecular weight is 417 g/mol. The Hall–Kier alpha value is -2.96. The lowest BCUT2D eigenvalue weighted by molar-refractivity contribution is -0.134. The van der Waals surface area contributed by atoms with Crippen LogP contribution in [-0.4, -0.2) is 56.9 Å². The molecule has 6 rings (SSSR count). The van der Waals surface area contributed by atoms with Crippen LogP contribution in [-0.2, 0) is 4.79 Å². The molecule has 1 saturated carbocycles. The van der Waals surface area contributed by atoms with Gasteiger partial charge in [0.15, 0.2) is 11.5 Å². The fraction of sp³-hybridized carbons (Fsp3) is 0.500. The van der Waals surface area contributed by atoms with Crippen molar-refractivity contribution >= 4 is 22.9 Å². The zero-order chi connectivity index (χ0) is 20.8. The molecule has 1 N–H and O–H groups in total. The van der Waals surface area contributed by atoms with Gasteiger partial charge in [-0.25, -0.2) is 15.0 Å². The number of imidazole rings is 1. The largest absolute Gasteiger partial charge is 0.356 e. The molecule has 2 aliphatic heterocycles. The molecular formula is C24H28N6O. The van der Waals surface area contributed by atoms with E-state index >= 15 is 0 Å². The third-order valence-corrected chi connectivity index (χ3v) is 6.85. The summed E-state index contributed by atoms with van der Waals surface area (Å²) in [6.45, 7) is 3.53. The van der Waals surface area contributed by atoms with E-state index in [0.29, 0.717) is 17.5 Å². The highest BCUT2D eigenvalue weighted by Gasteiger charge is 2.31. The number of hydrogen-bond acceptors (Lipinski definition) is 5. The number of hydrogen-bond donors (Lipinski definition) is 1. The zero-order valence-corrected chi connectivity index (χ0v) is 17.8. The van der Waals surface area contributed by atoms with Crippen LogP contribution in [0.25, 0.3) is 22.7 Å². The first-order valence-electron chi connectivity index (χ1n) is 11.6. The zero-order valence-electron chi connectivity index (χ0n) is 17.8. The van der Waals surface area contributed by atoms with Crippen molar-refractivity contribution in [3.63, 3.8) is 0 Å². The molecule has 3 aromatic rings. The molecule has 31 heavy (non-hydrogen) atoms. The highest BCUT2D eigenvalue weighted by molar-refractivity contribution is 5.80. The molecule has 7 nitrogen and oxygen atoms in total. The summed E-state index contributed by atoms with van der Waals surface area (Å²) in [6, 6.07) is 10.3. The second kappa shape index (κ2) is 7.62. The van der Waals surface area contributed by atoms with Crippen LogP contribution in [0.3, 0.4) is 0 Å². The van der Waals surface area contributed by atoms with Crippen molar-refractivity contribution in [2.75, 3.05) is 31.1 Å². The normalized spacial score (nSPS) is 21.7. The lowest BCUT2D eigenvalue weighted by atomic mass is 9.96. The van der Waals surface area contributed by atoms with E-state index in [0.717, 1.165) is 80.4 Å². The number of aromatic amines is 1. The second-order valence-corrected chi connectivity index (χ2v) is 9.17. The first-order valence-corrected chi connectivity index (χ1v) is 11.6. The molecular weight excluding hydrogens is 388 g/mol. The number of fused-ring (bicyclic) bond motifs is 1. The van der Waals surface area contributed by atoms with Gasteiger partial charge in [0.05, 0.1) is 11.4 Å². The van der Waals surface area contributed by atoms with E-state index in [1.54, 1.807) is 0 Å². The van der Waals surface area contributed by atoms with Crippen molar-refractivity contribution in [2.45, 2.75) is 44.4 Å². The van der Waals surface area contributed by atoms with Gasteiger partial charge in [0, 0.05) is 37.8 Å². The number of likely N-dealkylation sites (tertiary alicyclic amines) is 1. The first kappa shape index (κ1) is 18.8. The van der Waals surface area contributed by atoms with Crippen molar-refractivity contribution in [3.05, 3.63) is 36.0 Å². The standard InChI is InChI=1S/C24H28N6O/c31-24(29-12-1-2-13-29)17-5-4-14-30(15-17)21-11-10-20-23(27-21)28-22(26-20)19-7-3-6-18(25-19)16-8-9-16/h3,6-7,10-11,16-17H,1-2,4-5,8-9,12-15H2,(H,26,27,28)/t17-/m1/s1. The Balaban J connectivity index is 1.23. The minimum absolute atomic E-state index is 0.0773. The molecule has 5 heterocycles. The van der Waals surface area contributed by atoms with Gasteiger partial charge in [-0.1, -0.05) is 6.07 Å². The van der Waals surface area contributed by atoms with Crippen molar-refractivity contribution < 1.29 is 4.79 Å². The maximum atomic E-state index is 12.9. The number of aromatic nitrogens is 4. The number of carbonyl (C=O) groups excluding carboxylic acids is 1. The monoisotopic (exact) mass is 416 g/mol. The van der Waals surface area contributed by atoms with E-state index in [9.17, 15) is 4.79 Å². The molecule has 3 aliphatic rings. The van der Waals surface area contributed by atoms with E-state index in [2.05, 4.69) is 22.0 Å². The van der Waals surface area contributed by atoms with Gasteiger partial charge < -0.3 is 14.8 Å². The molecule has 0 unspecified atom stereocenters. The summed E-state index contributed by atoms with van der Waals surface area (Å²) in [5.41, 5.74) is 3.66. The average Bonchev–Trinajstić information content (AvgIpc) is 3.35. The molecule has 3 aromatic heterocycles. The van der Waals surface area contributed by atoms with Crippen molar-refractivity contribution in [1.82, 2.24) is 24.8 Å². The number of nitrogens with one attached hydrogen (secondary N) is 1. The van der Waals surface area contributed by atoms with Crippen LogP contribution in [0.2, 0.25) is 0 Å². The lowest BCUT2D eigenvalue weighted by Crippen LogP contribution is -2.44. The Morgan fingerprint density at radius 1 is 0.935 bits per heavy atom. The third kappa shape index (κ3) is 3.66. The molecule has 7 heteroatoms. The minimum atomic E-state index is 0.0773. The SMILES string of the molecule is O=C([C@@H]1CCCN(c2ccc3[nH]c(-c4cccc(C5CC5)n4)nc3n2)C1)N1CCCC1. The summed E-state index contributed by atoms with van der Waals surface area (Å²) < 4.78 is 0. The number of carbonyl (C=O) groups is 1. The van der Waals surface area contributed by atoms with Gasteiger partial charge in [0.1, 0.15) is 11.5 Å². The number of nitrogens with zero attached hydrogens (tertiary/aromatic N) is 5. The first-order chi connectivity index (χ1) is 15.2. The van der Waals surface area contributed by atoms with Gasteiger partial charge in [-0.15, -0.1) is 0 Å². The molecule has 0 aromatic carbocycles. The van der Waals surface area contributed by atoms with E-state index in [1.165, 1.54) is 12.8 Å². The van der Waals surface area contributed by atoms with E-state index in [4.69, 9.17) is 15.0 Å². The fourth-order valence-corrected chi connectivity index (χ4v) is 4.95. The van der Waals surface area contributed by atoms with Gasteiger partial charge in [-0.2, -0.15) is 0 Å². The van der Waals surface area contributed by atoms with Crippen molar-refractivity contribution in [3.8, 4) is 11.5 Å². The Bertz CT molecular complexity index is 1110. The van der Waals surface area contributed by atoms with E-state index in [1.807, 2.05) is 23.1 Å². The molecule has 1 atom stereocenters. The minimum Gasteiger partial charge on any atom is -0.356 e.